The Balaban J connectivity index is 1.62. The normalized spacial score (nSPS) is 19.2. The van der Waals surface area contributed by atoms with Gasteiger partial charge in [-0.05, 0) is 41.5 Å². The fourth-order valence-electron chi connectivity index (χ4n) is 3.81. The highest BCUT2D eigenvalue weighted by molar-refractivity contribution is 6.34. The van der Waals surface area contributed by atoms with Crippen molar-refractivity contribution < 1.29 is 38.2 Å². The molecule has 8 nitrogen and oxygen atoms in total. The largest absolute Gasteiger partial charge is 0.468 e. The van der Waals surface area contributed by atoms with E-state index in [2.05, 4.69) is 16.1 Å². The standard InChI is InChI=1S/C23H16O8/c1-10-13-6-4-11(8-15(13)20(25)17(10)22(27)29-2)31-12-5-7-14-16(9-12)21(26)18(19(14)24)23(28)30-3/h4-9,17-18H,1H2,2-3H3. The third-order valence-corrected chi connectivity index (χ3v) is 5.37. The highest BCUT2D eigenvalue weighted by Gasteiger charge is 2.44. The Hall–Kier alpha value is -4.07. The van der Waals surface area contributed by atoms with Crippen LogP contribution in [0, 0.1) is 11.8 Å². The molecule has 31 heavy (non-hydrogen) atoms. The minimum absolute atomic E-state index is 0.0641. The van der Waals surface area contributed by atoms with E-state index >= 15 is 0 Å². The monoisotopic (exact) mass is 420 g/mol. The Labute approximate surface area is 176 Å². The van der Waals surface area contributed by atoms with E-state index in [1.54, 1.807) is 12.1 Å². The number of hydrogen-bond acceptors (Lipinski definition) is 8. The number of ether oxygens (including phenoxy) is 3. The Morgan fingerprint density at radius 3 is 1.74 bits per heavy atom. The third-order valence-electron chi connectivity index (χ3n) is 5.37. The van der Waals surface area contributed by atoms with Gasteiger partial charge in [-0.2, -0.15) is 0 Å². The van der Waals surface area contributed by atoms with Crippen LogP contribution in [-0.4, -0.2) is 43.5 Å². The van der Waals surface area contributed by atoms with Crippen molar-refractivity contribution in [2.45, 2.75) is 0 Å². The highest BCUT2D eigenvalue weighted by Crippen LogP contribution is 2.39. The molecule has 0 amide bonds. The van der Waals surface area contributed by atoms with Crippen LogP contribution in [0.25, 0.3) is 5.57 Å². The summed E-state index contributed by atoms with van der Waals surface area (Å²) in [6.07, 6.45) is 0. The van der Waals surface area contributed by atoms with Gasteiger partial charge in [0.15, 0.2) is 23.3 Å². The molecule has 0 bridgehead atoms. The first-order valence-electron chi connectivity index (χ1n) is 9.22. The first-order chi connectivity index (χ1) is 14.8. The van der Waals surface area contributed by atoms with Gasteiger partial charge in [-0.25, -0.2) is 0 Å². The summed E-state index contributed by atoms with van der Waals surface area (Å²) in [5, 5.41) is 0. The lowest BCUT2D eigenvalue weighted by Gasteiger charge is -2.08. The van der Waals surface area contributed by atoms with E-state index in [0.717, 1.165) is 7.11 Å². The Kier molecular flexibility index (Phi) is 4.77. The quantitative estimate of drug-likeness (QED) is 0.548. The lowest BCUT2D eigenvalue weighted by Crippen LogP contribution is -2.26. The molecule has 2 atom stereocenters. The molecule has 2 aliphatic carbocycles. The van der Waals surface area contributed by atoms with E-state index in [1.807, 2.05) is 0 Å². The van der Waals surface area contributed by atoms with Crippen LogP contribution in [0.2, 0.25) is 0 Å². The number of carbonyl (C=O) groups excluding carboxylic acids is 5. The molecule has 2 aromatic rings. The maximum absolute atomic E-state index is 12.6. The predicted molar refractivity (Wildman–Crippen MR) is 106 cm³/mol. The van der Waals surface area contributed by atoms with Crippen molar-refractivity contribution in [2.24, 2.45) is 11.8 Å². The van der Waals surface area contributed by atoms with Gasteiger partial charge in [0, 0.05) is 16.7 Å². The number of carbonyl (C=O) groups is 5. The predicted octanol–water partition coefficient (Wildman–Crippen LogP) is 2.65. The van der Waals surface area contributed by atoms with Crippen LogP contribution < -0.4 is 4.74 Å². The number of ketones is 3. The van der Waals surface area contributed by atoms with Gasteiger partial charge < -0.3 is 14.2 Å². The van der Waals surface area contributed by atoms with Crippen molar-refractivity contribution in [3.8, 4) is 11.5 Å². The Bertz CT molecular complexity index is 1110. The Morgan fingerprint density at radius 1 is 0.710 bits per heavy atom. The van der Waals surface area contributed by atoms with Gasteiger partial charge in [0.05, 0.1) is 14.2 Å². The zero-order valence-corrected chi connectivity index (χ0v) is 16.6. The van der Waals surface area contributed by atoms with E-state index in [0.29, 0.717) is 11.1 Å². The van der Waals surface area contributed by atoms with Crippen molar-refractivity contribution in [3.05, 3.63) is 65.2 Å². The smallest absolute Gasteiger partial charge is 0.324 e. The molecule has 0 aromatic heterocycles. The van der Waals surface area contributed by atoms with Gasteiger partial charge in [0.2, 0.25) is 0 Å². The van der Waals surface area contributed by atoms with E-state index in [9.17, 15) is 24.0 Å². The summed E-state index contributed by atoms with van der Waals surface area (Å²) in [5.41, 5.74) is 1.34. The fraction of sp³-hybridized carbons (Fsp3) is 0.174. The van der Waals surface area contributed by atoms with Crippen LogP contribution in [0.15, 0.2) is 43.0 Å². The van der Waals surface area contributed by atoms with Gasteiger partial charge in [-0.15, -0.1) is 0 Å². The minimum atomic E-state index is -1.51. The zero-order chi connectivity index (χ0) is 22.4. The van der Waals surface area contributed by atoms with Crippen LogP contribution in [0.5, 0.6) is 11.5 Å². The molecule has 0 fully saturated rings. The minimum Gasteiger partial charge on any atom is -0.468 e. The lowest BCUT2D eigenvalue weighted by atomic mass is 10.0. The molecule has 4 rings (SSSR count). The molecule has 0 heterocycles. The first kappa shape index (κ1) is 20.2. The fourth-order valence-corrected chi connectivity index (χ4v) is 3.81. The zero-order valence-electron chi connectivity index (χ0n) is 16.6. The summed E-state index contributed by atoms with van der Waals surface area (Å²) >= 11 is 0. The molecule has 2 unspecified atom stereocenters. The van der Waals surface area contributed by atoms with Crippen LogP contribution in [0.4, 0.5) is 0 Å². The van der Waals surface area contributed by atoms with Gasteiger partial charge in [0.25, 0.3) is 0 Å². The van der Waals surface area contributed by atoms with Crippen molar-refractivity contribution in [3.63, 3.8) is 0 Å². The average molecular weight is 420 g/mol. The molecule has 0 saturated carbocycles. The molecule has 156 valence electrons. The molecule has 2 aromatic carbocycles. The SMILES string of the molecule is C=C1c2ccc(Oc3ccc4c(c3)C(=O)C(C(=O)OC)C4=O)cc2C(=O)C1C(=O)OC. The van der Waals surface area contributed by atoms with Crippen LogP contribution >= 0.6 is 0 Å². The summed E-state index contributed by atoms with van der Waals surface area (Å²) in [7, 11) is 2.31. The number of Topliss-reactive ketones (excluding diaryl/α,β-unsaturated/α-hetero) is 3. The molecular weight excluding hydrogens is 404 g/mol. The third kappa shape index (κ3) is 3.04. The second-order valence-electron chi connectivity index (χ2n) is 7.05. The van der Waals surface area contributed by atoms with Crippen LogP contribution in [0.3, 0.4) is 0 Å². The number of esters is 2. The number of rotatable bonds is 4. The van der Waals surface area contributed by atoms with E-state index in [1.165, 1.54) is 31.4 Å². The van der Waals surface area contributed by atoms with Gasteiger partial charge in [-0.3, -0.25) is 24.0 Å². The molecule has 0 aliphatic heterocycles. The van der Waals surface area contributed by atoms with E-state index < -0.39 is 41.1 Å². The topological polar surface area (TPSA) is 113 Å². The molecule has 8 heteroatoms. The second kappa shape index (κ2) is 7.32. The molecule has 0 spiro atoms. The Morgan fingerprint density at radius 2 is 1.16 bits per heavy atom. The van der Waals surface area contributed by atoms with Gasteiger partial charge >= 0.3 is 11.9 Å². The number of hydrogen-bond donors (Lipinski definition) is 0. The highest BCUT2D eigenvalue weighted by atomic mass is 16.5. The molecule has 2 aliphatic rings. The average Bonchev–Trinajstić information content (AvgIpc) is 3.16. The van der Waals surface area contributed by atoms with Crippen molar-refractivity contribution in [1.29, 1.82) is 0 Å². The van der Waals surface area contributed by atoms with Crippen molar-refractivity contribution >= 4 is 34.9 Å². The summed E-state index contributed by atoms with van der Waals surface area (Å²) in [6.45, 7) is 3.82. The van der Waals surface area contributed by atoms with Crippen molar-refractivity contribution in [1.82, 2.24) is 0 Å². The molecule has 0 saturated heterocycles. The summed E-state index contributed by atoms with van der Waals surface area (Å²) in [4.78, 5) is 61.2. The number of methoxy groups -OCH3 is 2. The van der Waals surface area contributed by atoms with E-state index in [-0.39, 0.29) is 28.2 Å². The maximum atomic E-state index is 12.6. The second-order valence-corrected chi connectivity index (χ2v) is 7.05. The maximum Gasteiger partial charge on any atom is 0.324 e. The summed E-state index contributed by atoms with van der Waals surface area (Å²) in [5.74, 6) is -5.38. The molecule has 0 radical (unpaired) electrons. The van der Waals surface area contributed by atoms with Crippen LogP contribution in [0.1, 0.15) is 36.6 Å². The lowest BCUT2D eigenvalue weighted by molar-refractivity contribution is -0.142. The molecular formula is C23H16O8. The van der Waals surface area contributed by atoms with Gasteiger partial charge in [0.1, 0.15) is 17.4 Å². The van der Waals surface area contributed by atoms with Crippen LogP contribution in [-0.2, 0) is 19.1 Å². The van der Waals surface area contributed by atoms with E-state index in [4.69, 9.17) is 4.74 Å². The summed E-state index contributed by atoms with van der Waals surface area (Å²) in [6, 6.07) is 8.93. The number of benzene rings is 2. The number of fused-ring (bicyclic) bond motifs is 2. The van der Waals surface area contributed by atoms with Gasteiger partial charge in [-0.1, -0.05) is 12.6 Å². The first-order valence-corrected chi connectivity index (χ1v) is 9.22. The summed E-state index contributed by atoms with van der Waals surface area (Å²) < 4.78 is 15.0. The molecule has 0 N–H and O–H groups in total. The van der Waals surface area contributed by atoms with Crippen molar-refractivity contribution in [2.75, 3.05) is 14.2 Å².